The Morgan fingerprint density at radius 1 is 1.19 bits per heavy atom. The minimum Gasteiger partial charge on any atom is -0.399 e. The fraction of sp³-hybridized carbons (Fsp3) is 0.429. The van der Waals surface area contributed by atoms with Crippen molar-refractivity contribution in [3.63, 3.8) is 0 Å². The predicted octanol–water partition coefficient (Wildman–Crippen LogP) is 0.0259. The summed E-state index contributed by atoms with van der Waals surface area (Å²) in [5, 5.41) is 5.41. The quantitative estimate of drug-likeness (QED) is 0.683. The van der Waals surface area contributed by atoms with Crippen molar-refractivity contribution in [1.82, 2.24) is 10.6 Å². The number of anilines is 1. The van der Waals surface area contributed by atoms with Gasteiger partial charge >= 0.3 is 0 Å². The van der Waals surface area contributed by atoms with E-state index in [0.717, 1.165) is 12.8 Å². The molecule has 1 heterocycles. The first-order valence-electron chi connectivity index (χ1n) is 6.82. The molecular weight excluding hydrogens is 290 g/mol. The highest BCUT2D eigenvalue weighted by molar-refractivity contribution is 7.85. The Bertz CT molecular complexity index is 535. The van der Waals surface area contributed by atoms with E-state index in [9.17, 15) is 13.8 Å². The number of nitrogens with one attached hydrogen (secondary N) is 2. The summed E-state index contributed by atoms with van der Waals surface area (Å²) in [7, 11) is -0.745. The zero-order chi connectivity index (χ0) is 15.2. The molecule has 0 spiro atoms. The molecule has 0 aromatic heterocycles. The van der Waals surface area contributed by atoms with Crippen molar-refractivity contribution in [3.05, 3.63) is 29.8 Å². The van der Waals surface area contributed by atoms with Crippen molar-refractivity contribution in [3.8, 4) is 0 Å². The maximum Gasteiger partial charge on any atom is 0.251 e. The van der Waals surface area contributed by atoms with E-state index in [-0.39, 0.29) is 24.4 Å². The number of hydrogen-bond acceptors (Lipinski definition) is 4. The van der Waals surface area contributed by atoms with E-state index in [1.54, 1.807) is 24.3 Å². The third kappa shape index (κ3) is 4.86. The van der Waals surface area contributed by atoms with Crippen molar-refractivity contribution >= 4 is 28.3 Å². The smallest absolute Gasteiger partial charge is 0.251 e. The molecule has 7 heteroatoms. The summed E-state index contributed by atoms with van der Waals surface area (Å²) in [5.41, 5.74) is 6.59. The summed E-state index contributed by atoms with van der Waals surface area (Å²) in [6.45, 7) is -0.0667. The zero-order valence-corrected chi connectivity index (χ0v) is 12.4. The van der Waals surface area contributed by atoms with Gasteiger partial charge in [-0.05, 0) is 37.1 Å². The van der Waals surface area contributed by atoms with Gasteiger partial charge in [0.2, 0.25) is 5.91 Å². The van der Waals surface area contributed by atoms with E-state index >= 15 is 0 Å². The molecule has 0 unspecified atom stereocenters. The van der Waals surface area contributed by atoms with E-state index in [4.69, 9.17) is 5.73 Å². The fourth-order valence-electron chi connectivity index (χ4n) is 2.11. The summed E-state index contributed by atoms with van der Waals surface area (Å²) in [5.74, 6) is 0.720. The van der Waals surface area contributed by atoms with Gasteiger partial charge in [-0.3, -0.25) is 13.8 Å². The first-order chi connectivity index (χ1) is 10.0. The van der Waals surface area contributed by atoms with Crippen LogP contribution in [0.1, 0.15) is 23.2 Å². The van der Waals surface area contributed by atoms with E-state index in [2.05, 4.69) is 10.6 Å². The first kappa shape index (κ1) is 15.5. The Morgan fingerprint density at radius 3 is 2.43 bits per heavy atom. The molecule has 1 aliphatic rings. The van der Waals surface area contributed by atoms with E-state index in [0.29, 0.717) is 22.8 Å². The normalized spacial score (nSPS) is 21.5. The second-order valence-electron chi connectivity index (χ2n) is 4.99. The molecule has 4 N–H and O–H groups in total. The molecule has 0 atom stereocenters. The highest BCUT2D eigenvalue weighted by Crippen LogP contribution is 2.09. The molecule has 21 heavy (non-hydrogen) atoms. The molecule has 1 saturated heterocycles. The molecule has 0 radical (unpaired) electrons. The molecule has 6 nitrogen and oxygen atoms in total. The molecule has 0 aliphatic carbocycles. The number of hydrogen-bond donors (Lipinski definition) is 3. The largest absolute Gasteiger partial charge is 0.399 e. The van der Waals surface area contributed by atoms with Crippen LogP contribution in [0.2, 0.25) is 0 Å². The lowest BCUT2D eigenvalue weighted by molar-refractivity contribution is -0.120. The molecule has 0 bridgehead atoms. The SMILES string of the molecule is Nc1ccc(C(=O)NCC(=O)NC2CCS(=O)CC2)cc1. The van der Waals surface area contributed by atoms with Crippen LogP contribution in [-0.2, 0) is 15.6 Å². The van der Waals surface area contributed by atoms with Crippen molar-refractivity contribution in [1.29, 1.82) is 0 Å². The minimum atomic E-state index is -0.745. The first-order valence-corrected chi connectivity index (χ1v) is 8.31. The Kier molecular flexibility index (Phi) is 5.32. The summed E-state index contributed by atoms with van der Waals surface area (Å²) in [6.07, 6.45) is 1.45. The standard InChI is InChI=1S/C14H19N3O3S/c15-11-3-1-10(2-4-11)14(19)16-9-13(18)17-12-5-7-21(20)8-6-12/h1-4,12H,5-9,15H2,(H,16,19)(H,17,18). The van der Waals surface area contributed by atoms with Crippen LogP contribution in [0.25, 0.3) is 0 Å². The second-order valence-corrected chi connectivity index (χ2v) is 6.69. The molecule has 114 valence electrons. The number of nitrogens with two attached hydrogens (primary N) is 1. The molecule has 1 aromatic rings. The Balaban J connectivity index is 1.74. The summed E-state index contributed by atoms with van der Waals surface area (Å²) >= 11 is 0. The van der Waals surface area contributed by atoms with Crippen LogP contribution in [0.4, 0.5) is 5.69 Å². The number of nitrogen functional groups attached to an aromatic ring is 1. The Labute approximate surface area is 125 Å². The molecule has 0 saturated carbocycles. The van der Waals surface area contributed by atoms with Gasteiger partial charge in [0.15, 0.2) is 0 Å². The molecule has 1 fully saturated rings. The van der Waals surface area contributed by atoms with Crippen LogP contribution in [0.3, 0.4) is 0 Å². The van der Waals surface area contributed by atoms with Gasteiger partial charge in [-0.1, -0.05) is 0 Å². The summed E-state index contributed by atoms with van der Waals surface area (Å²) in [4.78, 5) is 23.6. The van der Waals surface area contributed by atoms with Gasteiger partial charge in [0.25, 0.3) is 5.91 Å². The monoisotopic (exact) mass is 309 g/mol. The Morgan fingerprint density at radius 2 is 1.81 bits per heavy atom. The fourth-order valence-corrected chi connectivity index (χ4v) is 3.41. The van der Waals surface area contributed by atoms with Gasteiger partial charge in [0.05, 0.1) is 6.54 Å². The average Bonchev–Trinajstić information content (AvgIpc) is 2.48. The average molecular weight is 309 g/mol. The van der Waals surface area contributed by atoms with Crippen molar-refractivity contribution < 1.29 is 13.8 Å². The van der Waals surface area contributed by atoms with Gasteiger partial charge in [-0.15, -0.1) is 0 Å². The third-order valence-electron chi connectivity index (χ3n) is 3.34. The highest BCUT2D eigenvalue weighted by Gasteiger charge is 2.19. The van der Waals surface area contributed by atoms with Crippen molar-refractivity contribution in [2.24, 2.45) is 0 Å². The lowest BCUT2D eigenvalue weighted by atomic mass is 10.1. The lowest BCUT2D eigenvalue weighted by Gasteiger charge is -2.22. The molecule has 2 amide bonds. The van der Waals surface area contributed by atoms with Gasteiger partial charge in [0.1, 0.15) is 0 Å². The second kappa shape index (κ2) is 7.21. The maximum atomic E-state index is 11.8. The number of benzene rings is 1. The third-order valence-corrected chi connectivity index (χ3v) is 4.72. The van der Waals surface area contributed by atoms with Gasteiger partial charge in [-0.25, -0.2) is 0 Å². The highest BCUT2D eigenvalue weighted by atomic mass is 32.2. The van der Waals surface area contributed by atoms with Gasteiger partial charge in [-0.2, -0.15) is 0 Å². The zero-order valence-electron chi connectivity index (χ0n) is 11.6. The van der Waals surface area contributed by atoms with E-state index in [1.165, 1.54) is 0 Å². The molecule has 1 aromatic carbocycles. The van der Waals surface area contributed by atoms with Crippen LogP contribution in [-0.4, -0.2) is 40.1 Å². The summed E-state index contributed by atoms with van der Waals surface area (Å²) in [6, 6.07) is 6.55. The summed E-state index contributed by atoms with van der Waals surface area (Å²) < 4.78 is 11.2. The van der Waals surface area contributed by atoms with Crippen LogP contribution < -0.4 is 16.4 Å². The Hall–Kier alpha value is -1.89. The van der Waals surface area contributed by atoms with E-state index < -0.39 is 10.8 Å². The van der Waals surface area contributed by atoms with Crippen LogP contribution >= 0.6 is 0 Å². The molecule has 1 aliphatic heterocycles. The van der Waals surface area contributed by atoms with Crippen LogP contribution in [0, 0.1) is 0 Å². The van der Waals surface area contributed by atoms with E-state index in [1.807, 2.05) is 0 Å². The maximum absolute atomic E-state index is 11.8. The number of rotatable bonds is 4. The van der Waals surface area contributed by atoms with Crippen LogP contribution in [0.15, 0.2) is 24.3 Å². The number of carbonyl (C=O) groups is 2. The van der Waals surface area contributed by atoms with Crippen molar-refractivity contribution in [2.45, 2.75) is 18.9 Å². The predicted molar refractivity (Wildman–Crippen MR) is 82.2 cm³/mol. The number of carbonyl (C=O) groups excluding carboxylic acids is 2. The van der Waals surface area contributed by atoms with Crippen molar-refractivity contribution in [2.75, 3.05) is 23.8 Å². The minimum absolute atomic E-state index is 0.0589. The lowest BCUT2D eigenvalue weighted by Crippen LogP contribution is -2.44. The number of amides is 2. The van der Waals surface area contributed by atoms with Gasteiger partial charge in [0, 0.05) is 39.6 Å². The van der Waals surface area contributed by atoms with Gasteiger partial charge < -0.3 is 16.4 Å². The molecular formula is C14H19N3O3S. The van der Waals surface area contributed by atoms with Crippen LogP contribution in [0.5, 0.6) is 0 Å². The topological polar surface area (TPSA) is 101 Å². The molecule has 2 rings (SSSR count).